The smallest absolute Gasteiger partial charge is 0.293 e. The van der Waals surface area contributed by atoms with Gasteiger partial charge in [-0.05, 0) is 51.0 Å². The van der Waals surface area contributed by atoms with E-state index in [0.29, 0.717) is 42.4 Å². The van der Waals surface area contributed by atoms with E-state index in [4.69, 9.17) is 11.6 Å². The van der Waals surface area contributed by atoms with Crippen molar-refractivity contribution >= 4 is 29.1 Å². The summed E-state index contributed by atoms with van der Waals surface area (Å²) in [4.78, 5) is 38.8. The van der Waals surface area contributed by atoms with E-state index in [-0.39, 0.29) is 34.3 Å². The molecule has 4 aromatic rings. The van der Waals surface area contributed by atoms with Gasteiger partial charge in [-0.1, -0.05) is 25.4 Å². The van der Waals surface area contributed by atoms with Crippen molar-refractivity contribution < 1.29 is 14.0 Å². The van der Waals surface area contributed by atoms with Crippen LogP contribution in [0.15, 0.2) is 30.5 Å². The maximum absolute atomic E-state index is 13.7. The van der Waals surface area contributed by atoms with E-state index in [1.54, 1.807) is 33.5 Å². The number of halogens is 2. The monoisotopic (exact) mass is 538 g/mol. The number of hydrogen-bond acceptors (Lipinski definition) is 6. The van der Waals surface area contributed by atoms with Crippen LogP contribution in [0.1, 0.15) is 66.1 Å². The van der Waals surface area contributed by atoms with Gasteiger partial charge in [-0.2, -0.15) is 5.10 Å². The second-order valence-corrected chi connectivity index (χ2v) is 10.8. The van der Waals surface area contributed by atoms with Crippen molar-refractivity contribution in [2.75, 3.05) is 19.6 Å². The minimum absolute atomic E-state index is 0.00931. The van der Waals surface area contributed by atoms with Crippen LogP contribution in [-0.4, -0.2) is 76.6 Å². The number of imidazole rings is 1. The molecule has 1 aromatic carbocycles. The Kier molecular flexibility index (Phi) is 6.42. The Bertz CT molecular complexity index is 1560. The van der Waals surface area contributed by atoms with Gasteiger partial charge in [0.2, 0.25) is 5.82 Å². The Balaban J connectivity index is 1.44. The normalized spacial score (nSPS) is 15.5. The molecule has 198 valence electrons. The molecule has 1 aliphatic heterocycles. The molecule has 2 amide bonds. The van der Waals surface area contributed by atoms with E-state index in [2.05, 4.69) is 25.3 Å². The number of nitrogens with one attached hydrogen (secondary N) is 1. The zero-order valence-corrected chi connectivity index (χ0v) is 22.5. The van der Waals surface area contributed by atoms with Crippen LogP contribution in [0, 0.1) is 12.7 Å². The topological polar surface area (TPSA) is 112 Å². The van der Waals surface area contributed by atoms with Crippen LogP contribution in [0.2, 0.25) is 5.02 Å². The van der Waals surface area contributed by atoms with E-state index in [0.717, 1.165) is 5.56 Å². The molecule has 38 heavy (non-hydrogen) atoms. The molecule has 5 rings (SSSR count). The summed E-state index contributed by atoms with van der Waals surface area (Å²) in [6, 6.07) is 6.34. The highest BCUT2D eigenvalue weighted by Crippen LogP contribution is 2.29. The van der Waals surface area contributed by atoms with Crippen molar-refractivity contribution in [1.29, 1.82) is 0 Å². The van der Waals surface area contributed by atoms with Crippen molar-refractivity contribution in [3.63, 3.8) is 0 Å². The number of fused-ring (bicyclic) bond motifs is 1. The highest BCUT2D eigenvalue weighted by Gasteiger charge is 2.40. The third-order valence-electron chi connectivity index (χ3n) is 6.73. The zero-order valence-electron chi connectivity index (χ0n) is 21.8. The molecular formula is C26H28ClFN8O2. The molecule has 0 saturated carbocycles. The quantitative estimate of drug-likeness (QED) is 0.418. The number of piperazine rings is 1. The van der Waals surface area contributed by atoms with Crippen LogP contribution in [0.4, 0.5) is 4.39 Å². The Morgan fingerprint density at radius 1 is 1.13 bits per heavy atom. The van der Waals surface area contributed by atoms with E-state index >= 15 is 0 Å². The lowest BCUT2D eigenvalue weighted by atomic mass is 9.98. The van der Waals surface area contributed by atoms with Crippen molar-refractivity contribution in [2.45, 2.75) is 46.1 Å². The summed E-state index contributed by atoms with van der Waals surface area (Å²) in [6.07, 6.45) is 1.61. The summed E-state index contributed by atoms with van der Waals surface area (Å²) in [5.74, 6) is -0.261. The molecule has 0 radical (unpaired) electrons. The molecule has 1 aliphatic rings. The number of rotatable bonds is 4. The van der Waals surface area contributed by atoms with Crippen LogP contribution < -0.4 is 0 Å². The number of aromatic amines is 1. The largest absolute Gasteiger partial charge is 0.332 e. The first-order chi connectivity index (χ1) is 17.9. The maximum Gasteiger partial charge on any atom is 0.293 e. The lowest BCUT2D eigenvalue weighted by molar-refractivity contribution is 0.0160. The van der Waals surface area contributed by atoms with Gasteiger partial charge in [0.1, 0.15) is 17.3 Å². The van der Waals surface area contributed by atoms with E-state index < -0.39 is 11.4 Å². The van der Waals surface area contributed by atoms with Crippen LogP contribution >= 0.6 is 11.6 Å². The average molecular weight is 539 g/mol. The fourth-order valence-corrected chi connectivity index (χ4v) is 4.93. The number of nitrogens with zero attached hydrogens (tertiary/aromatic N) is 7. The highest BCUT2D eigenvalue weighted by atomic mass is 35.5. The lowest BCUT2D eigenvalue weighted by Crippen LogP contribution is -2.62. The Hall–Kier alpha value is -3.86. The van der Waals surface area contributed by atoms with Crippen molar-refractivity contribution in [1.82, 2.24) is 39.6 Å². The molecule has 0 unspecified atom stereocenters. The first kappa shape index (κ1) is 25.8. The Morgan fingerprint density at radius 2 is 1.89 bits per heavy atom. The SMILES string of the molecule is Cc1nc(C(=O)N2CCN(C(=O)c3cn4nc(-c5ccc(F)c(Cl)c5)cc(C(C)C)c4n3)C(C)(C)C2)n[nH]1. The van der Waals surface area contributed by atoms with Crippen LogP contribution in [-0.2, 0) is 0 Å². The fourth-order valence-electron chi connectivity index (χ4n) is 4.75. The molecule has 1 fully saturated rings. The predicted molar refractivity (Wildman–Crippen MR) is 140 cm³/mol. The van der Waals surface area contributed by atoms with Gasteiger partial charge in [-0.25, -0.2) is 18.9 Å². The van der Waals surface area contributed by atoms with E-state index in [1.807, 2.05) is 33.8 Å². The molecule has 1 saturated heterocycles. The number of aryl methyl sites for hydroxylation is 1. The van der Waals surface area contributed by atoms with Gasteiger partial charge in [0, 0.05) is 30.8 Å². The molecule has 0 spiro atoms. The molecule has 1 N–H and O–H groups in total. The third kappa shape index (κ3) is 4.62. The van der Waals surface area contributed by atoms with Crippen LogP contribution in [0.3, 0.4) is 0 Å². The molecule has 3 aromatic heterocycles. The number of carbonyl (C=O) groups excluding carboxylic acids is 2. The van der Waals surface area contributed by atoms with Gasteiger partial charge < -0.3 is 9.80 Å². The summed E-state index contributed by atoms with van der Waals surface area (Å²) in [6.45, 7) is 10.6. The van der Waals surface area contributed by atoms with Crippen LogP contribution in [0.25, 0.3) is 16.9 Å². The maximum atomic E-state index is 13.7. The van der Waals surface area contributed by atoms with E-state index in [1.165, 1.54) is 12.1 Å². The second-order valence-electron chi connectivity index (χ2n) is 10.4. The van der Waals surface area contributed by atoms with Crippen LogP contribution in [0.5, 0.6) is 0 Å². The number of carbonyl (C=O) groups is 2. The van der Waals surface area contributed by atoms with Gasteiger partial charge in [0.15, 0.2) is 5.65 Å². The van der Waals surface area contributed by atoms with E-state index in [9.17, 15) is 14.0 Å². The standard InChI is InChI=1S/C26H28ClFN8O2/c1-14(2)17-11-20(16-6-7-19(28)18(27)10-16)33-36-12-21(30-23(17)36)24(37)35-9-8-34(13-26(35,4)5)25(38)22-29-15(3)31-32-22/h6-7,10-12,14H,8-9,13H2,1-5H3,(H,29,31,32). The van der Waals surface area contributed by atoms with Gasteiger partial charge in [0.25, 0.3) is 11.8 Å². The molecule has 12 heteroatoms. The average Bonchev–Trinajstić information content (AvgIpc) is 3.49. The van der Waals surface area contributed by atoms with Crippen molar-refractivity contribution in [3.8, 4) is 11.3 Å². The summed E-state index contributed by atoms with van der Waals surface area (Å²) < 4.78 is 15.3. The number of hydrogen-bond donors (Lipinski definition) is 1. The van der Waals surface area contributed by atoms with Gasteiger partial charge in [-0.3, -0.25) is 14.7 Å². The van der Waals surface area contributed by atoms with Crippen molar-refractivity contribution in [3.05, 3.63) is 64.2 Å². The molecule has 0 bridgehead atoms. The number of amides is 2. The Labute approximate surface area is 223 Å². The first-order valence-electron chi connectivity index (χ1n) is 12.3. The molecule has 4 heterocycles. The molecule has 10 nitrogen and oxygen atoms in total. The second kappa shape index (κ2) is 9.46. The summed E-state index contributed by atoms with van der Waals surface area (Å²) in [5.41, 5.74) is 2.32. The molecule has 0 aliphatic carbocycles. The lowest BCUT2D eigenvalue weighted by Gasteiger charge is -2.46. The number of H-pyrrole nitrogens is 1. The van der Waals surface area contributed by atoms with Gasteiger partial charge >= 0.3 is 0 Å². The Morgan fingerprint density at radius 3 is 2.53 bits per heavy atom. The van der Waals surface area contributed by atoms with Gasteiger partial charge in [0.05, 0.1) is 22.5 Å². The van der Waals surface area contributed by atoms with Crippen molar-refractivity contribution in [2.24, 2.45) is 0 Å². The minimum atomic E-state index is -0.656. The minimum Gasteiger partial charge on any atom is -0.332 e. The fraction of sp³-hybridized carbons (Fsp3) is 0.385. The summed E-state index contributed by atoms with van der Waals surface area (Å²) in [5, 5.41) is 11.3. The molecule has 0 atom stereocenters. The summed E-state index contributed by atoms with van der Waals surface area (Å²) in [7, 11) is 0. The zero-order chi connectivity index (χ0) is 27.4. The van der Waals surface area contributed by atoms with Gasteiger partial charge in [-0.15, -0.1) is 5.10 Å². The summed E-state index contributed by atoms with van der Waals surface area (Å²) >= 11 is 6.00. The number of aromatic nitrogens is 6. The third-order valence-corrected chi connectivity index (χ3v) is 7.02. The number of benzene rings is 1. The predicted octanol–water partition coefficient (Wildman–Crippen LogP) is 4.12. The highest BCUT2D eigenvalue weighted by molar-refractivity contribution is 6.31. The first-order valence-corrected chi connectivity index (χ1v) is 12.7. The molecular weight excluding hydrogens is 511 g/mol.